The van der Waals surface area contributed by atoms with Crippen LogP contribution in [0.4, 0.5) is 0 Å². The summed E-state index contributed by atoms with van der Waals surface area (Å²) in [5, 5.41) is 0. The zero-order valence-electron chi connectivity index (χ0n) is 14.0. The maximum Gasteiger partial charge on any atom is 0.334 e. The molecular weight excluding hydrogens is 296 g/mol. The molecule has 0 unspecified atom stereocenters. The number of rotatable bonds is 9. The van der Waals surface area contributed by atoms with Crippen LogP contribution in [0.15, 0.2) is 29.8 Å². The molecule has 0 fully saturated rings. The predicted molar refractivity (Wildman–Crippen MR) is 88.1 cm³/mol. The van der Waals surface area contributed by atoms with Crippen LogP contribution in [0.1, 0.15) is 38.7 Å². The Morgan fingerprint density at radius 1 is 1.04 bits per heavy atom. The van der Waals surface area contributed by atoms with Crippen molar-refractivity contribution in [2.45, 2.75) is 33.1 Å². The fraction of sp³-hybridized carbons (Fsp3) is 0.444. The molecule has 0 spiro atoms. The largest absolute Gasteiger partial charge is 0.496 e. The van der Waals surface area contributed by atoms with Gasteiger partial charge in [-0.2, -0.15) is 0 Å². The molecule has 0 atom stereocenters. The van der Waals surface area contributed by atoms with Crippen LogP contribution in [-0.4, -0.2) is 32.3 Å². The fourth-order valence-corrected chi connectivity index (χ4v) is 1.87. The quantitative estimate of drug-likeness (QED) is 0.515. The minimum Gasteiger partial charge on any atom is -0.496 e. The van der Waals surface area contributed by atoms with Gasteiger partial charge in [-0.05, 0) is 25.0 Å². The maximum absolute atomic E-state index is 12.2. The SMILES string of the molecule is CCCOC(=O)CC(=Cc1ccccc1OC)C(=O)OCCC. The Bertz CT molecular complexity index is 548. The molecule has 0 aliphatic rings. The first-order valence-electron chi connectivity index (χ1n) is 7.78. The van der Waals surface area contributed by atoms with E-state index in [9.17, 15) is 9.59 Å². The van der Waals surface area contributed by atoms with Crippen LogP contribution in [0.2, 0.25) is 0 Å². The first kappa shape index (κ1) is 18.7. The van der Waals surface area contributed by atoms with Crippen molar-refractivity contribution in [1.82, 2.24) is 0 Å². The van der Waals surface area contributed by atoms with Crippen molar-refractivity contribution in [3.63, 3.8) is 0 Å². The second-order valence-corrected chi connectivity index (χ2v) is 4.94. The molecule has 0 amide bonds. The lowest BCUT2D eigenvalue weighted by Crippen LogP contribution is -2.14. The van der Waals surface area contributed by atoms with Crippen LogP contribution >= 0.6 is 0 Å². The third kappa shape index (κ3) is 6.55. The van der Waals surface area contributed by atoms with Gasteiger partial charge in [0, 0.05) is 11.1 Å². The lowest BCUT2D eigenvalue weighted by Gasteiger charge is -2.10. The van der Waals surface area contributed by atoms with E-state index in [1.807, 2.05) is 32.0 Å². The number of methoxy groups -OCH3 is 1. The van der Waals surface area contributed by atoms with Crippen molar-refractivity contribution in [3.8, 4) is 5.75 Å². The minimum absolute atomic E-state index is 0.124. The van der Waals surface area contributed by atoms with Crippen LogP contribution in [0.25, 0.3) is 6.08 Å². The van der Waals surface area contributed by atoms with Crippen molar-refractivity contribution in [3.05, 3.63) is 35.4 Å². The van der Waals surface area contributed by atoms with Gasteiger partial charge in [0.25, 0.3) is 0 Å². The van der Waals surface area contributed by atoms with E-state index in [1.165, 1.54) is 0 Å². The van der Waals surface area contributed by atoms with Gasteiger partial charge in [0.15, 0.2) is 0 Å². The zero-order valence-corrected chi connectivity index (χ0v) is 14.0. The first-order chi connectivity index (χ1) is 11.1. The Kier molecular flexibility index (Phi) is 8.50. The fourth-order valence-electron chi connectivity index (χ4n) is 1.87. The van der Waals surface area contributed by atoms with Gasteiger partial charge in [-0.1, -0.05) is 32.0 Å². The lowest BCUT2D eigenvalue weighted by molar-refractivity contribution is -0.146. The standard InChI is InChI=1S/C18H24O5/c1-4-10-22-17(19)13-15(18(20)23-11-5-2)12-14-8-6-7-9-16(14)21-3/h6-9,12H,4-5,10-11,13H2,1-3H3. The van der Waals surface area contributed by atoms with Crippen LogP contribution in [0, 0.1) is 0 Å². The number of benzene rings is 1. The van der Waals surface area contributed by atoms with E-state index in [1.54, 1.807) is 19.3 Å². The second-order valence-electron chi connectivity index (χ2n) is 4.94. The Balaban J connectivity index is 2.99. The number of ether oxygens (including phenoxy) is 3. The summed E-state index contributed by atoms with van der Waals surface area (Å²) in [5.74, 6) is -0.331. The summed E-state index contributed by atoms with van der Waals surface area (Å²) in [6, 6.07) is 7.26. The average molecular weight is 320 g/mol. The molecule has 1 aromatic rings. The van der Waals surface area contributed by atoms with E-state index in [2.05, 4.69) is 0 Å². The van der Waals surface area contributed by atoms with Gasteiger partial charge < -0.3 is 14.2 Å². The van der Waals surface area contributed by atoms with E-state index in [-0.39, 0.29) is 12.0 Å². The van der Waals surface area contributed by atoms with Crippen molar-refractivity contribution >= 4 is 18.0 Å². The van der Waals surface area contributed by atoms with Gasteiger partial charge in [0.1, 0.15) is 5.75 Å². The van der Waals surface area contributed by atoms with Crippen LogP contribution in [0.5, 0.6) is 5.75 Å². The molecule has 5 heteroatoms. The van der Waals surface area contributed by atoms with E-state index in [0.29, 0.717) is 30.9 Å². The second kappa shape index (κ2) is 10.4. The van der Waals surface area contributed by atoms with Crippen LogP contribution in [0.3, 0.4) is 0 Å². The molecule has 126 valence electrons. The highest BCUT2D eigenvalue weighted by molar-refractivity contribution is 5.98. The van der Waals surface area contributed by atoms with Crippen molar-refractivity contribution in [2.75, 3.05) is 20.3 Å². The molecule has 1 aromatic carbocycles. The first-order valence-corrected chi connectivity index (χ1v) is 7.78. The molecule has 0 bridgehead atoms. The smallest absolute Gasteiger partial charge is 0.334 e. The molecule has 0 aliphatic carbocycles. The number of carbonyl (C=O) groups is 2. The molecule has 23 heavy (non-hydrogen) atoms. The summed E-state index contributed by atoms with van der Waals surface area (Å²) in [6.45, 7) is 4.47. The molecule has 0 saturated carbocycles. The minimum atomic E-state index is -0.508. The van der Waals surface area contributed by atoms with E-state index in [4.69, 9.17) is 14.2 Å². The molecule has 1 rings (SSSR count). The summed E-state index contributed by atoms with van der Waals surface area (Å²) in [7, 11) is 1.55. The van der Waals surface area contributed by atoms with Gasteiger partial charge in [0.05, 0.1) is 26.7 Å². The monoisotopic (exact) mass is 320 g/mol. The molecule has 0 heterocycles. The van der Waals surface area contributed by atoms with Gasteiger partial charge in [-0.25, -0.2) is 4.79 Å². The van der Waals surface area contributed by atoms with Crippen molar-refractivity contribution < 1.29 is 23.8 Å². The van der Waals surface area contributed by atoms with Crippen LogP contribution in [-0.2, 0) is 19.1 Å². The maximum atomic E-state index is 12.2. The summed E-state index contributed by atoms with van der Waals surface area (Å²) in [4.78, 5) is 24.0. The Hall–Kier alpha value is -2.30. The topological polar surface area (TPSA) is 61.8 Å². The molecule has 0 aliphatic heterocycles. The highest BCUT2D eigenvalue weighted by Crippen LogP contribution is 2.22. The zero-order chi connectivity index (χ0) is 17.1. The number of hydrogen-bond donors (Lipinski definition) is 0. The Labute approximate surface area is 137 Å². The molecular formula is C18H24O5. The van der Waals surface area contributed by atoms with E-state index < -0.39 is 11.9 Å². The number of hydrogen-bond acceptors (Lipinski definition) is 5. The molecule has 0 saturated heterocycles. The third-order valence-corrected chi connectivity index (χ3v) is 2.97. The third-order valence-electron chi connectivity index (χ3n) is 2.97. The Morgan fingerprint density at radius 3 is 2.35 bits per heavy atom. The summed E-state index contributed by atoms with van der Waals surface area (Å²) in [5.41, 5.74) is 0.964. The normalized spacial score (nSPS) is 11.0. The van der Waals surface area contributed by atoms with Crippen molar-refractivity contribution in [1.29, 1.82) is 0 Å². The van der Waals surface area contributed by atoms with Gasteiger partial charge in [0.2, 0.25) is 0 Å². The molecule has 0 radical (unpaired) electrons. The number of carbonyl (C=O) groups excluding carboxylic acids is 2. The number of esters is 2. The molecule has 5 nitrogen and oxygen atoms in total. The average Bonchev–Trinajstić information content (AvgIpc) is 2.57. The van der Waals surface area contributed by atoms with E-state index >= 15 is 0 Å². The summed E-state index contributed by atoms with van der Waals surface area (Å²) < 4.78 is 15.5. The van der Waals surface area contributed by atoms with Crippen LogP contribution < -0.4 is 4.74 Å². The predicted octanol–water partition coefficient (Wildman–Crippen LogP) is 3.38. The highest BCUT2D eigenvalue weighted by atomic mass is 16.5. The summed E-state index contributed by atoms with van der Waals surface area (Å²) >= 11 is 0. The Morgan fingerprint density at radius 2 is 1.70 bits per heavy atom. The molecule has 0 N–H and O–H groups in total. The van der Waals surface area contributed by atoms with Gasteiger partial charge in [-0.15, -0.1) is 0 Å². The highest BCUT2D eigenvalue weighted by Gasteiger charge is 2.17. The summed E-state index contributed by atoms with van der Waals surface area (Å²) in [6.07, 6.45) is 2.94. The van der Waals surface area contributed by atoms with Gasteiger partial charge >= 0.3 is 11.9 Å². The number of para-hydroxylation sites is 1. The van der Waals surface area contributed by atoms with Gasteiger partial charge in [-0.3, -0.25) is 4.79 Å². The lowest BCUT2D eigenvalue weighted by atomic mass is 10.1. The molecule has 0 aromatic heterocycles. The van der Waals surface area contributed by atoms with Crippen molar-refractivity contribution in [2.24, 2.45) is 0 Å². The van der Waals surface area contributed by atoms with E-state index in [0.717, 1.165) is 6.42 Å².